The smallest absolute Gasteiger partial charge is 0.264 e. The molecule has 0 atom stereocenters. The second kappa shape index (κ2) is 5.67. The minimum atomic E-state index is -3.88. The molecule has 20 heavy (non-hydrogen) atoms. The van der Waals surface area contributed by atoms with Crippen molar-refractivity contribution in [1.29, 1.82) is 0 Å². The first-order valence-electron chi connectivity index (χ1n) is 5.40. The Hall–Kier alpha value is -1.18. The number of halogens is 3. The van der Waals surface area contributed by atoms with Crippen molar-refractivity contribution in [2.75, 3.05) is 4.72 Å². The van der Waals surface area contributed by atoms with Crippen molar-refractivity contribution in [2.24, 2.45) is 0 Å². The Balaban J connectivity index is 2.44. The van der Waals surface area contributed by atoms with Gasteiger partial charge in [-0.1, -0.05) is 11.6 Å². The molecule has 0 bridgehead atoms. The van der Waals surface area contributed by atoms with Crippen LogP contribution < -0.4 is 4.72 Å². The van der Waals surface area contributed by atoms with Crippen LogP contribution in [-0.2, 0) is 10.0 Å². The van der Waals surface area contributed by atoms with E-state index in [4.69, 9.17) is 11.6 Å². The normalized spacial score (nSPS) is 11.4. The summed E-state index contributed by atoms with van der Waals surface area (Å²) in [6.45, 7) is 1.60. The van der Waals surface area contributed by atoms with E-state index < -0.39 is 15.8 Å². The number of sulfonamides is 1. The highest BCUT2D eigenvalue weighted by Gasteiger charge is 2.20. The van der Waals surface area contributed by atoms with Crippen LogP contribution in [0, 0.1) is 12.7 Å². The van der Waals surface area contributed by atoms with Gasteiger partial charge in [-0.25, -0.2) is 17.8 Å². The summed E-state index contributed by atoms with van der Waals surface area (Å²) < 4.78 is 40.3. The van der Waals surface area contributed by atoms with Crippen LogP contribution in [0.25, 0.3) is 0 Å². The van der Waals surface area contributed by atoms with Crippen molar-refractivity contribution < 1.29 is 12.8 Å². The zero-order valence-electron chi connectivity index (χ0n) is 10.2. The number of aryl methyl sites for hydroxylation is 1. The molecule has 0 aliphatic carbocycles. The number of hydrogen-bond acceptors (Lipinski definition) is 3. The Kier molecular flexibility index (Phi) is 4.31. The number of nitrogens with zero attached hydrogens (tertiary/aromatic N) is 1. The van der Waals surface area contributed by atoms with Gasteiger partial charge < -0.3 is 0 Å². The summed E-state index contributed by atoms with van der Waals surface area (Å²) >= 11 is 8.78. The van der Waals surface area contributed by atoms with Crippen LogP contribution >= 0.6 is 27.5 Å². The summed E-state index contributed by atoms with van der Waals surface area (Å²) in [4.78, 5) is 3.58. The highest BCUT2D eigenvalue weighted by Crippen LogP contribution is 2.27. The van der Waals surface area contributed by atoms with Gasteiger partial charge in [0.25, 0.3) is 10.0 Å². The zero-order valence-corrected chi connectivity index (χ0v) is 13.4. The van der Waals surface area contributed by atoms with Gasteiger partial charge in [0, 0.05) is 6.20 Å². The molecule has 0 spiro atoms. The van der Waals surface area contributed by atoms with Crippen molar-refractivity contribution in [3.8, 4) is 0 Å². The Labute approximate surface area is 129 Å². The first-order chi connectivity index (χ1) is 9.31. The summed E-state index contributed by atoms with van der Waals surface area (Å²) in [5.74, 6) is -0.468. The molecule has 0 aliphatic heterocycles. The molecule has 0 saturated heterocycles. The van der Waals surface area contributed by atoms with Crippen molar-refractivity contribution in [1.82, 2.24) is 4.98 Å². The third-order valence-electron chi connectivity index (χ3n) is 2.53. The van der Waals surface area contributed by atoms with Crippen molar-refractivity contribution in [3.05, 3.63) is 51.5 Å². The fraction of sp³-hybridized carbons (Fsp3) is 0.0833. The average molecular weight is 380 g/mol. The van der Waals surface area contributed by atoms with Crippen molar-refractivity contribution >= 4 is 43.2 Å². The molecule has 0 aliphatic rings. The lowest BCUT2D eigenvalue weighted by Crippen LogP contribution is -2.14. The summed E-state index contributed by atoms with van der Waals surface area (Å²) in [7, 11) is -3.88. The van der Waals surface area contributed by atoms with Crippen molar-refractivity contribution in [2.45, 2.75) is 11.8 Å². The predicted octanol–water partition coefficient (Wildman–Crippen LogP) is 3.75. The molecule has 1 N–H and O–H groups in total. The number of aromatic nitrogens is 1. The molecule has 2 rings (SSSR count). The number of anilines is 1. The van der Waals surface area contributed by atoms with Crippen LogP contribution in [0.3, 0.4) is 0 Å². The summed E-state index contributed by atoms with van der Waals surface area (Å²) in [5, 5.41) is -0.126. The Morgan fingerprint density at radius 2 is 2.10 bits per heavy atom. The zero-order chi connectivity index (χ0) is 14.9. The van der Waals surface area contributed by atoms with Crippen LogP contribution in [0.2, 0.25) is 5.15 Å². The molecule has 1 aromatic heterocycles. The molecule has 0 saturated carbocycles. The van der Waals surface area contributed by atoms with Gasteiger partial charge in [0.1, 0.15) is 15.9 Å². The van der Waals surface area contributed by atoms with Gasteiger partial charge >= 0.3 is 0 Å². The first kappa shape index (κ1) is 15.2. The number of hydrogen-bond donors (Lipinski definition) is 1. The van der Waals surface area contributed by atoms with Gasteiger partial charge in [-0.05, 0) is 52.7 Å². The fourth-order valence-electron chi connectivity index (χ4n) is 1.53. The summed E-state index contributed by atoms with van der Waals surface area (Å²) in [5.41, 5.74) is 0.715. The van der Waals surface area contributed by atoms with Gasteiger partial charge in [0.15, 0.2) is 0 Å². The molecule has 4 nitrogen and oxygen atoms in total. The highest BCUT2D eigenvalue weighted by atomic mass is 79.9. The van der Waals surface area contributed by atoms with Gasteiger partial charge in [-0.2, -0.15) is 0 Å². The maximum Gasteiger partial charge on any atom is 0.264 e. The maximum atomic E-state index is 13.3. The third kappa shape index (κ3) is 3.11. The number of pyridine rings is 1. The fourth-order valence-corrected chi connectivity index (χ4v) is 3.45. The van der Waals surface area contributed by atoms with Crippen molar-refractivity contribution in [3.63, 3.8) is 0 Å². The second-order valence-electron chi connectivity index (χ2n) is 3.98. The van der Waals surface area contributed by atoms with Crippen LogP contribution in [0.15, 0.2) is 39.8 Å². The van der Waals surface area contributed by atoms with Gasteiger partial charge in [-0.3, -0.25) is 4.72 Å². The van der Waals surface area contributed by atoms with E-state index in [9.17, 15) is 12.8 Å². The Morgan fingerprint density at radius 3 is 2.75 bits per heavy atom. The first-order valence-corrected chi connectivity index (χ1v) is 8.05. The molecule has 1 heterocycles. The monoisotopic (exact) mass is 378 g/mol. The van der Waals surface area contributed by atoms with Gasteiger partial charge in [0.05, 0.1) is 10.2 Å². The average Bonchev–Trinajstić information content (AvgIpc) is 2.36. The molecule has 0 unspecified atom stereocenters. The lowest BCUT2D eigenvalue weighted by atomic mass is 10.2. The Morgan fingerprint density at radius 1 is 1.40 bits per heavy atom. The van der Waals surface area contributed by atoms with Crippen LogP contribution in [0.4, 0.5) is 10.1 Å². The predicted molar refractivity (Wildman–Crippen MR) is 78.9 cm³/mol. The number of nitrogens with one attached hydrogen (secondary N) is 1. The summed E-state index contributed by atoms with van der Waals surface area (Å²) in [6, 6.07) is 5.39. The number of rotatable bonds is 3. The van der Waals surface area contributed by atoms with E-state index in [1.807, 2.05) is 0 Å². The van der Waals surface area contributed by atoms with Gasteiger partial charge in [-0.15, -0.1) is 0 Å². The molecule has 8 heteroatoms. The topological polar surface area (TPSA) is 59.1 Å². The highest BCUT2D eigenvalue weighted by molar-refractivity contribution is 9.10. The SMILES string of the molecule is Cc1cc(F)c(Br)cc1NS(=O)(=O)c1cccnc1Cl. The van der Waals surface area contributed by atoms with E-state index in [1.165, 1.54) is 30.5 Å². The largest absolute Gasteiger partial charge is 0.279 e. The van der Waals surface area contributed by atoms with E-state index >= 15 is 0 Å². The minimum absolute atomic E-state index is 0.126. The van der Waals surface area contributed by atoms with Crippen LogP contribution in [0.5, 0.6) is 0 Å². The van der Waals surface area contributed by atoms with E-state index in [-0.39, 0.29) is 20.2 Å². The van der Waals surface area contributed by atoms with Gasteiger partial charge in [0.2, 0.25) is 0 Å². The molecule has 1 aromatic carbocycles. The van der Waals surface area contributed by atoms with E-state index in [1.54, 1.807) is 6.92 Å². The molecule has 0 radical (unpaired) electrons. The molecule has 0 fully saturated rings. The minimum Gasteiger partial charge on any atom is -0.279 e. The second-order valence-corrected chi connectivity index (χ2v) is 6.84. The standard InChI is InChI=1S/C12H9BrClFN2O2S/c1-7-5-9(15)8(13)6-10(7)17-20(18,19)11-3-2-4-16-12(11)14/h2-6,17H,1H3. The van der Waals surface area contributed by atoms with E-state index in [2.05, 4.69) is 25.6 Å². The molecule has 106 valence electrons. The lowest BCUT2D eigenvalue weighted by molar-refractivity contribution is 0.600. The summed E-state index contributed by atoms with van der Waals surface area (Å²) in [6.07, 6.45) is 1.39. The van der Waals surface area contributed by atoms with E-state index in [0.717, 1.165) is 0 Å². The van der Waals surface area contributed by atoms with E-state index in [0.29, 0.717) is 5.56 Å². The van der Waals surface area contributed by atoms with Crippen LogP contribution in [-0.4, -0.2) is 13.4 Å². The molecule has 2 aromatic rings. The molecular formula is C12H9BrClFN2O2S. The maximum absolute atomic E-state index is 13.3. The lowest BCUT2D eigenvalue weighted by Gasteiger charge is -2.12. The molecule has 0 amide bonds. The number of benzene rings is 1. The third-order valence-corrected chi connectivity index (χ3v) is 4.94. The quantitative estimate of drug-likeness (QED) is 0.826. The molecular weight excluding hydrogens is 371 g/mol. The Bertz CT molecular complexity index is 768. The van der Waals surface area contributed by atoms with Crippen LogP contribution in [0.1, 0.15) is 5.56 Å².